The van der Waals surface area contributed by atoms with Gasteiger partial charge in [-0.15, -0.1) is 0 Å². The zero-order chi connectivity index (χ0) is 26.9. The van der Waals surface area contributed by atoms with E-state index in [4.69, 9.17) is 5.26 Å². The van der Waals surface area contributed by atoms with Crippen LogP contribution in [-0.2, 0) is 17.8 Å². The number of nitriles is 1. The van der Waals surface area contributed by atoms with Crippen molar-refractivity contribution in [3.63, 3.8) is 0 Å². The number of benzene rings is 3. The number of carbonyl (C=O) groups is 2. The van der Waals surface area contributed by atoms with Crippen molar-refractivity contribution in [1.82, 2.24) is 14.8 Å². The van der Waals surface area contributed by atoms with Gasteiger partial charge in [-0.2, -0.15) is 5.26 Å². The third kappa shape index (κ3) is 6.77. The summed E-state index contributed by atoms with van der Waals surface area (Å²) in [6.45, 7) is 2.96. The topological polar surface area (TPSA) is 92.2 Å². The van der Waals surface area contributed by atoms with E-state index < -0.39 is 6.03 Å². The molecule has 0 saturated carbocycles. The highest BCUT2D eigenvalue weighted by Crippen LogP contribution is 2.19. The summed E-state index contributed by atoms with van der Waals surface area (Å²) < 4.78 is 13.5. The number of amides is 3. The molecule has 2 N–H and O–H groups in total. The van der Waals surface area contributed by atoms with Gasteiger partial charge in [-0.05, 0) is 60.4 Å². The summed E-state index contributed by atoms with van der Waals surface area (Å²) in [7, 11) is 0. The van der Waals surface area contributed by atoms with Gasteiger partial charge in [-0.25, -0.2) is 9.18 Å². The van der Waals surface area contributed by atoms with Gasteiger partial charge >= 0.3 is 6.03 Å². The molecule has 4 rings (SSSR count). The number of para-hydroxylation sites is 1. The molecule has 4 aromatic rings. The highest BCUT2D eigenvalue weighted by Gasteiger charge is 2.22. The Morgan fingerprint density at radius 1 is 1.00 bits per heavy atom. The normalized spacial score (nSPS) is 10.7. The highest BCUT2D eigenvalue weighted by molar-refractivity contribution is 5.92. The number of hydrogen-bond donors (Lipinski definition) is 2. The van der Waals surface area contributed by atoms with E-state index in [9.17, 15) is 14.0 Å². The van der Waals surface area contributed by atoms with Crippen LogP contribution < -0.4 is 5.32 Å². The van der Waals surface area contributed by atoms with Gasteiger partial charge < -0.3 is 20.1 Å². The average Bonchev–Trinajstić information content (AvgIpc) is 3.35. The summed E-state index contributed by atoms with van der Waals surface area (Å²) in [6.07, 6.45) is 3.25. The number of anilines is 1. The van der Waals surface area contributed by atoms with Crippen LogP contribution in [0.5, 0.6) is 0 Å². The van der Waals surface area contributed by atoms with Crippen LogP contribution in [0.2, 0.25) is 0 Å². The van der Waals surface area contributed by atoms with Crippen molar-refractivity contribution in [1.29, 1.82) is 5.26 Å². The molecule has 0 radical (unpaired) electrons. The molecule has 0 aliphatic heterocycles. The van der Waals surface area contributed by atoms with E-state index in [0.717, 1.165) is 22.0 Å². The Morgan fingerprint density at radius 3 is 2.55 bits per heavy atom. The third-order valence-corrected chi connectivity index (χ3v) is 6.32. The minimum atomic E-state index is -0.409. The molecule has 0 unspecified atom stereocenters. The summed E-state index contributed by atoms with van der Waals surface area (Å²) in [5.74, 6) is -0.541. The van der Waals surface area contributed by atoms with E-state index >= 15 is 0 Å². The lowest BCUT2D eigenvalue weighted by molar-refractivity contribution is -0.132. The number of hydrogen-bond acceptors (Lipinski definition) is 3. The number of aromatic nitrogens is 1. The maximum Gasteiger partial charge on any atom is 0.322 e. The second-order valence-electron chi connectivity index (χ2n) is 9.10. The van der Waals surface area contributed by atoms with E-state index in [2.05, 4.69) is 16.4 Å². The van der Waals surface area contributed by atoms with Crippen LogP contribution in [0.25, 0.3) is 10.9 Å². The Hall–Kier alpha value is -4.64. The van der Waals surface area contributed by atoms with Crippen molar-refractivity contribution >= 4 is 28.5 Å². The Morgan fingerprint density at radius 2 is 1.79 bits per heavy atom. The van der Waals surface area contributed by atoms with Crippen LogP contribution in [-0.4, -0.2) is 46.4 Å². The number of aromatic amines is 1. The van der Waals surface area contributed by atoms with Gasteiger partial charge in [0.2, 0.25) is 5.91 Å². The maximum absolute atomic E-state index is 13.6. The van der Waals surface area contributed by atoms with Crippen molar-refractivity contribution in [2.75, 3.05) is 25.0 Å². The van der Waals surface area contributed by atoms with Crippen molar-refractivity contribution < 1.29 is 14.0 Å². The standard InChI is InChI=1S/C30H30FN5O2/c1-2-15-36(30(38)34-26-7-5-6-23(17-26)18-32)21-29(37)35(20-22-10-12-25(31)13-11-22)16-14-24-19-33-28-9-4-3-8-27(24)28/h3-13,17,19,33H,2,14-16,20-21H2,1H3,(H,34,38). The number of nitrogens with zero attached hydrogens (tertiary/aromatic N) is 3. The maximum atomic E-state index is 13.6. The number of halogens is 1. The van der Waals surface area contributed by atoms with Crippen LogP contribution in [0.15, 0.2) is 79.0 Å². The number of urea groups is 1. The fourth-order valence-electron chi connectivity index (χ4n) is 4.35. The lowest BCUT2D eigenvalue weighted by Crippen LogP contribution is -2.45. The van der Waals surface area contributed by atoms with Gasteiger partial charge in [-0.1, -0.05) is 43.3 Å². The van der Waals surface area contributed by atoms with Crippen LogP contribution in [0.4, 0.5) is 14.9 Å². The number of H-pyrrole nitrogens is 1. The largest absolute Gasteiger partial charge is 0.361 e. The van der Waals surface area contributed by atoms with Crippen LogP contribution in [0.3, 0.4) is 0 Å². The molecule has 0 aliphatic rings. The average molecular weight is 512 g/mol. The zero-order valence-electron chi connectivity index (χ0n) is 21.3. The first-order valence-electron chi connectivity index (χ1n) is 12.6. The second-order valence-corrected chi connectivity index (χ2v) is 9.10. The lowest BCUT2D eigenvalue weighted by atomic mass is 10.1. The van der Waals surface area contributed by atoms with E-state index in [-0.39, 0.29) is 18.3 Å². The van der Waals surface area contributed by atoms with Crippen molar-refractivity contribution in [3.8, 4) is 6.07 Å². The minimum absolute atomic E-state index is 0.104. The summed E-state index contributed by atoms with van der Waals surface area (Å²) in [5.41, 5.74) is 3.86. The first kappa shape index (κ1) is 26.4. The number of rotatable bonds is 10. The molecule has 3 amide bonds. The minimum Gasteiger partial charge on any atom is -0.361 e. The summed E-state index contributed by atoms with van der Waals surface area (Å²) in [4.78, 5) is 33.1. The Bertz CT molecular complexity index is 1440. The highest BCUT2D eigenvalue weighted by atomic mass is 19.1. The molecule has 194 valence electrons. The third-order valence-electron chi connectivity index (χ3n) is 6.32. The molecule has 1 heterocycles. The van der Waals surface area contributed by atoms with Gasteiger partial charge in [0.05, 0.1) is 11.6 Å². The predicted octanol–water partition coefficient (Wildman–Crippen LogP) is 5.69. The van der Waals surface area contributed by atoms with Crippen molar-refractivity contribution in [2.45, 2.75) is 26.3 Å². The first-order valence-corrected chi connectivity index (χ1v) is 12.6. The number of nitrogens with one attached hydrogen (secondary N) is 2. The van der Waals surface area contributed by atoms with Crippen LogP contribution in [0.1, 0.15) is 30.0 Å². The van der Waals surface area contributed by atoms with Crippen molar-refractivity contribution in [2.24, 2.45) is 0 Å². The molecule has 0 fully saturated rings. The van der Waals surface area contributed by atoms with Gasteiger partial charge in [-0.3, -0.25) is 4.79 Å². The number of fused-ring (bicyclic) bond motifs is 1. The first-order chi connectivity index (χ1) is 18.5. The monoisotopic (exact) mass is 511 g/mol. The fourth-order valence-corrected chi connectivity index (χ4v) is 4.35. The molecule has 7 nitrogen and oxygen atoms in total. The summed E-state index contributed by atoms with van der Waals surface area (Å²) in [5, 5.41) is 13.0. The second kappa shape index (κ2) is 12.5. The van der Waals surface area contributed by atoms with Gasteiger partial charge in [0.25, 0.3) is 0 Å². The SMILES string of the molecule is CCCN(CC(=O)N(CCc1c[nH]c2ccccc12)Cc1ccc(F)cc1)C(=O)Nc1cccc(C#N)c1. The Kier molecular flexibility index (Phi) is 8.73. The van der Waals surface area contributed by atoms with Crippen LogP contribution >= 0.6 is 0 Å². The molecule has 38 heavy (non-hydrogen) atoms. The van der Waals surface area contributed by atoms with E-state index in [1.165, 1.54) is 17.0 Å². The summed E-state index contributed by atoms with van der Waals surface area (Å²) >= 11 is 0. The lowest BCUT2D eigenvalue weighted by Gasteiger charge is -2.28. The molecule has 3 aromatic carbocycles. The van der Waals surface area contributed by atoms with Gasteiger partial charge in [0.1, 0.15) is 12.4 Å². The molecular weight excluding hydrogens is 481 g/mol. The van der Waals surface area contributed by atoms with Gasteiger partial charge in [0.15, 0.2) is 0 Å². The zero-order valence-corrected chi connectivity index (χ0v) is 21.3. The predicted molar refractivity (Wildman–Crippen MR) is 146 cm³/mol. The van der Waals surface area contributed by atoms with E-state index in [1.807, 2.05) is 37.4 Å². The summed E-state index contributed by atoms with van der Waals surface area (Å²) in [6, 6.07) is 22.4. The quantitative estimate of drug-likeness (QED) is 0.286. The Labute approximate surface area is 221 Å². The fraction of sp³-hybridized carbons (Fsp3) is 0.233. The smallest absolute Gasteiger partial charge is 0.322 e. The molecular formula is C30H30FN5O2. The molecule has 0 bridgehead atoms. The number of carbonyl (C=O) groups excluding carboxylic acids is 2. The molecule has 0 saturated heterocycles. The molecule has 0 aliphatic carbocycles. The Balaban J connectivity index is 1.50. The molecule has 1 aromatic heterocycles. The molecule has 8 heteroatoms. The molecule has 0 atom stereocenters. The van der Waals surface area contributed by atoms with Gasteiger partial charge in [0, 0.05) is 42.4 Å². The van der Waals surface area contributed by atoms with Crippen molar-refractivity contribution in [3.05, 3.63) is 102 Å². The molecule has 0 spiro atoms. The van der Waals surface area contributed by atoms with E-state index in [0.29, 0.717) is 43.7 Å². The van der Waals surface area contributed by atoms with E-state index in [1.54, 1.807) is 41.3 Å². The van der Waals surface area contributed by atoms with Crippen LogP contribution in [0, 0.1) is 17.1 Å².